The maximum atomic E-state index is 13.6. The number of rotatable bonds is 0. The average molecular weight is 302 g/mol. The molecule has 0 aromatic heterocycles. The van der Waals surface area contributed by atoms with E-state index in [1.165, 1.54) is 18.2 Å². The van der Waals surface area contributed by atoms with Crippen LogP contribution in [0.4, 0.5) is 18.9 Å². The van der Waals surface area contributed by atoms with E-state index in [1.54, 1.807) is 0 Å². The molecule has 0 spiro atoms. The van der Waals surface area contributed by atoms with Crippen LogP contribution in [-0.4, -0.2) is 12.9 Å². The Balaban J connectivity index is 2.16. The van der Waals surface area contributed by atoms with Crippen LogP contribution in [0.2, 0.25) is 5.02 Å². The van der Waals surface area contributed by atoms with Gasteiger partial charge >= 0.3 is 6.18 Å². The molecule has 1 unspecified atom stereocenters. The number of fused-ring (bicyclic) bond motifs is 1. The fraction of sp³-hybridized carbons (Fsp3) is 0.429. The van der Waals surface area contributed by atoms with Crippen LogP contribution >= 0.6 is 11.6 Å². The third-order valence-corrected chi connectivity index (χ3v) is 3.58. The minimum Gasteiger partial charge on any atom is -0.362 e. The van der Waals surface area contributed by atoms with Crippen LogP contribution in [0.1, 0.15) is 18.4 Å². The van der Waals surface area contributed by atoms with Crippen molar-refractivity contribution in [1.29, 1.82) is 0 Å². The van der Waals surface area contributed by atoms with Gasteiger partial charge in [-0.15, -0.1) is 0 Å². The Labute approximate surface area is 119 Å². The summed E-state index contributed by atoms with van der Waals surface area (Å²) in [7, 11) is 0. The van der Waals surface area contributed by atoms with E-state index in [4.69, 9.17) is 16.3 Å². The highest BCUT2D eigenvalue weighted by Crippen LogP contribution is 2.47. The second-order valence-electron chi connectivity index (χ2n) is 4.88. The fourth-order valence-electron chi connectivity index (χ4n) is 2.10. The van der Waals surface area contributed by atoms with Crippen molar-refractivity contribution in [1.82, 2.24) is 0 Å². The number of halogens is 4. The molecule has 3 rings (SSSR count). The maximum Gasteiger partial charge on any atom is 0.433 e. The molecular weight excluding hydrogens is 291 g/mol. The molecule has 1 fully saturated rings. The SMILES string of the molecule is FC(F)(F)C1(C#CC2CC2)OCNc2ccc(Cl)cc21. The summed E-state index contributed by atoms with van der Waals surface area (Å²) in [6.07, 6.45) is -2.93. The molecular formula is C14H11ClF3NO. The summed E-state index contributed by atoms with van der Waals surface area (Å²) in [6, 6.07) is 4.31. The summed E-state index contributed by atoms with van der Waals surface area (Å²) >= 11 is 5.83. The lowest BCUT2D eigenvalue weighted by Gasteiger charge is -2.36. The van der Waals surface area contributed by atoms with Crippen molar-refractivity contribution >= 4 is 17.3 Å². The second kappa shape index (κ2) is 4.57. The Bertz CT molecular complexity index is 601. The molecule has 1 aromatic carbocycles. The van der Waals surface area contributed by atoms with Gasteiger partial charge in [-0.2, -0.15) is 13.2 Å². The van der Waals surface area contributed by atoms with Gasteiger partial charge in [-0.3, -0.25) is 0 Å². The zero-order valence-corrected chi connectivity index (χ0v) is 11.1. The first-order valence-corrected chi connectivity index (χ1v) is 6.57. The van der Waals surface area contributed by atoms with Crippen LogP contribution in [0, 0.1) is 17.8 Å². The monoisotopic (exact) mass is 301 g/mol. The van der Waals surface area contributed by atoms with Gasteiger partial charge in [0.1, 0.15) is 6.73 Å². The lowest BCUT2D eigenvalue weighted by atomic mass is 9.90. The third-order valence-electron chi connectivity index (χ3n) is 3.34. The van der Waals surface area contributed by atoms with Gasteiger partial charge in [0, 0.05) is 22.2 Å². The molecule has 1 saturated carbocycles. The van der Waals surface area contributed by atoms with Crippen molar-refractivity contribution < 1.29 is 17.9 Å². The molecule has 1 heterocycles. The minimum atomic E-state index is -4.63. The van der Waals surface area contributed by atoms with Crippen LogP contribution in [-0.2, 0) is 10.3 Å². The number of hydrogen-bond acceptors (Lipinski definition) is 2. The number of anilines is 1. The van der Waals surface area contributed by atoms with Crippen molar-refractivity contribution in [2.24, 2.45) is 5.92 Å². The number of ether oxygens (including phenoxy) is 1. The summed E-state index contributed by atoms with van der Waals surface area (Å²) < 4.78 is 45.8. The topological polar surface area (TPSA) is 21.3 Å². The lowest BCUT2D eigenvalue weighted by Crippen LogP contribution is -2.47. The smallest absolute Gasteiger partial charge is 0.362 e. The van der Waals surface area contributed by atoms with E-state index < -0.39 is 11.8 Å². The van der Waals surface area contributed by atoms with E-state index in [9.17, 15) is 13.2 Å². The number of benzene rings is 1. The van der Waals surface area contributed by atoms with Crippen molar-refractivity contribution in [2.75, 3.05) is 12.0 Å². The van der Waals surface area contributed by atoms with E-state index in [2.05, 4.69) is 17.2 Å². The number of alkyl halides is 3. The quantitative estimate of drug-likeness (QED) is 0.734. The van der Waals surface area contributed by atoms with Crippen LogP contribution in [0.5, 0.6) is 0 Å². The third kappa shape index (κ3) is 2.23. The van der Waals surface area contributed by atoms with E-state index in [0.717, 1.165) is 12.8 Å². The molecule has 0 bridgehead atoms. The molecule has 0 radical (unpaired) electrons. The van der Waals surface area contributed by atoms with Crippen LogP contribution in [0.25, 0.3) is 0 Å². The van der Waals surface area contributed by atoms with Gasteiger partial charge in [0.05, 0.1) is 0 Å². The molecule has 106 valence electrons. The van der Waals surface area contributed by atoms with Gasteiger partial charge in [-0.25, -0.2) is 0 Å². The Morgan fingerprint density at radius 1 is 1.35 bits per heavy atom. The van der Waals surface area contributed by atoms with Crippen molar-refractivity contribution in [3.05, 3.63) is 28.8 Å². The van der Waals surface area contributed by atoms with Gasteiger partial charge in [0.15, 0.2) is 0 Å². The first-order chi connectivity index (χ1) is 9.42. The van der Waals surface area contributed by atoms with Crippen LogP contribution in [0.3, 0.4) is 0 Å². The molecule has 6 heteroatoms. The minimum absolute atomic E-state index is 0.0512. The summed E-state index contributed by atoms with van der Waals surface area (Å²) in [5.74, 6) is 5.04. The van der Waals surface area contributed by atoms with Crippen LogP contribution in [0.15, 0.2) is 18.2 Å². The Morgan fingerprint density at radius 3 is 2.75 bits per heavy atom. The first kappa shape index (κ1) is 13.6. The molecule has 1 N–H and O–H groups in total. The highest BCUT2D eigenvalue weighted by atomic mass is 35.5. The van der Waals surface area contributed by atoms with Gasteiger partial charge in [0.2, 0.25) is 0 Å². The van der Waals surface area contributed by atoms with Crippen molar-refractivity contribution in [3.8, 4) is 11.8 Å². The lowest BCUT2D eigenvalue weighted by molar-refractivity contribution is -0.259. The van der Waals surface area contributed by atoms with Gasteiger partial charge in [0.25, 0.3) is 5.60 Å². The predicted molar refractivity (Wildman–Crippen MR) is 69.3 cm³/mol. The van der Waals surface area contributed by atoms with Gasteiger partial charge in [-0.1, -0.05) is 23.4 Å². The molecule has 2 nitrogen and oxygen atoms in total. The van der Waals surface area contributed by atoms with Crippen molar-refractivity contribution in [3.63, 3.8) is 0 Å². The molecule has 20 heavy (non-hydrogen) atoms. The number of hydrogen-bond donors (Lipinski definition) is 1. The summed E-state index contributed by atoms with van der Waals surface area (Å²) in [4.78, 5) is 0. The zero-order chi connectivity index (χ0) is 14.4. The average Bonchev–Trinajstić information content (AvgIpc) is 3.19. The van der Waals surface area contributed by atoms with E-state index >= 15 is 0 Å². The van der Waals surface area contributed by atoms with E-state index in [-0.39, 0.29) is 23.2 Å². The summed E-state index contributed by atoms with van der Waals surface area (Å²) in [5.41, 5.74) is -2.32. The van der Waals surface area contributed by atoms with E-state index in [0.29, 0.717) is 5.69 Å². The molecule has 1 atom stereocenters. The molecule has 0 amide bonds. The normalized spacial score (nSPS) is 25.2. The van der Waals surface area contributed by atoms with E-state index in [1.807, 2.05) is 0 Å². The molecule has 1 aliphatic carbocycles. The number of nitrogens with one attached hydrogen (secondary N) is 1. The molecule has 1 aromatic rings. The largest absolute Gasteiger partial charge is 0.433 e. The summed E-state index contributed by atoms with van der Waals surface area (Å²) in [6.45, 7) is -0.243. The fourth-order valence-corrected chi connectivity index (χ4v) is 2.27. The molecule has 1 aliphatic heterocycles. The standard InChI is InChI=1S/C14H11ClF3NO/c15-10-3-4-12-11(7-10)13(14(16,17)18,20-8-19-12)6-5-9-1-2-9/h3-4,7,9,19H,1-2,8H2. The highest BCUT2D eigenvalue weighted by molar-refractivity contribution is 6.30. The predicted octanol–water partition coefficient (Wildman–Crippen LogP) is 3.91. The summed E-state index contributed by atoms with van der Waals surface area (Å²) in [5, 5.41) is 2.99. The van der Waals surface area contributed by atoms with Gasteiger partial charge in [-0.05, 0) is 31.0 Å². The Morgan fingerprint density at radius 2 is 2.10 bits per heavy atom. The first-order valence-electron chi connectivity index (χ1n) is 6.20. The second-order valence-corrected chi connectivity index (χ2v) is 5.31. The molecule has 2 aliphatic rings. The maximum absolute atomic E-state index is 13.6. The Hall–Kier alpha value is -1.38. The molecule has 0 saturated heterocycles. The zero-order valence-electron chi connectivity index (χ0n) is 10.4. The highest BCUT2D eigenvalue weighted by Gasteiger charge is 2.59. The Kier molecular flexibility index (Phi) is 3.11. The van der Waals surface area contributed by atoms with Crippen molar-refractivity contribution in [2.45, 2.75) is 24.6 Å². The van der Waals surface area contributed by atoms with Gasteiger partial charge < -0.3 is 10.1 Å². The van der Waals surface area contributed by atoms with Crippen LogP contribution < -0.4 is 5.32 Å².